The molecule has 0 amide bonds. The number of halogens is 1. The first-order valence-electron chi connectivity index (χ1n) is 6.17. The zero-order valence-electron chi connectivity index (χ0n) is 10.5. The van der Waals surface area contributed by atoms with Crippen molar-refractivity contribution in [2.45, 2.75) is 35.5 Å². The molecule has 2 aromatic rings. The molecule has 1 aromatic carbocycles. The standard InChI is InChI=1S/C12H14FN5S/c1-14-7-9-10(13)3-2-4-11(9)19-12-15-16-17-18(12)8-5-6-8/h2-4,8,14H,5-7H2,1H3. The molecule has 1 aliphatic carbocycles. The zero-order chi connectivity index (χ0) is 13.2. The van der Waals surface area contributed by atoms with Crippen LogP contribution in [0.4, 0.5) is 4.39 Å². The maximum absolute atomic E-state index is 13.8. The topological polar surface area (TPSA) is 55.6 Å². The summed E-state index contributed by atoms with van der Waals surface area (Å²) in [6.07, 6.45) is 2.23. The van der Waals surface area contributed by atoms with Crippen LogP contribution in [-0.2, 0) is 6.54 Å². The van der Waals surface area contributed by atoms with Crippen molar-refractivity contribution in [3.8, 4) is 0 Å². The van der Waals surface area contributed by atoms with Gasteiger partial charge in [0.1, 0.15) is 5.82 Å². The molecule has 7 heteroatoms. The van der Waals surface area contributed by atoms with Gasteiger partial charge in [-0.3, -0.25) is 0 Å². The summed E-state index contributed by atoms with van der Waals surface area (Å²) < 4.78 is 15.7. The van der Waals surface area contributed by atoms with Gasteiger partial charge in [0.25, 0.3) is 0 Å². The molecule has 0 aliphatic heterocycles. The summed E-state index contributed by atoms with van der Waals surface area (Å²) in [6, 6.07) is 5.49. The first-order valence-corrected chi connectivity index (χ1v) is 6.99. The zero-order valence-corrected chi connectivity index (χ0v) is 11.3. The summed E-state index contributed by atoms with van der Waals surface area (Å²) in [5, 5.41) is 15.4. The van der Waals surface area contributed by atoms with Gasteiger partial charge in [-0.2, -0.15) is 0 Å². The van der Waals surface area contributed by atoms with E-state index in [-0.39, 0.29) is 5.82 Å². The number of nitrogens with one attached hydrogen (secondary N) is 1. The van der Waals surface area contributed by atoms with E-state index in [0.717, 1.165) is 22.9 Å². The lowest BCUT2D eigenvalue weighted by atomic mass is 10.2. The normalized spacial score (nSPS) is 14.8. The van der Waals surface area contributed by atoms with Crippen molar-refractivity contribution in [1.82, 2.24) is 25.5 Å². The maximum atomic E-state index is 13.8. The average molecular weight is 279 g/mol. The van der Waals surface area contributed by atoms with Gasteiger partial charge in [0.05, 0.1) is 6.04 Å². The number of nitrogens with zero attached hydrogens (tertiary/aromatic N) is 4. The fraction of sp³-hybridized carbons (Fsp3) is 0.417. The molecular weight excluding hydrogens is 265 g/mol. The highest BCUT2D eigenvalue weighted by atomic mass is 32.2. The molecule has 19 heavy (non-hydrogen) atoms. The first kappa shape index (κ1) is 12.6. The Morgan fingerprint density at radius 1 is 1.47 bits per heavy atom. The van der Waals surface area contributed by atoms with E-state index in [9.17, 15) is 4.39 Å². The van der Waals surface area contributed by atoms with E-state index >= 15 is 0 Å². The van der Waals surface area contributed by atoms with Crippen molar-refractivity contribution in [2.24, 2.45) is 0 Å². The lowest BCUT2D eigenvalue weighted by Crippen LogP contribution is -2.08. The summed E-state index contributed by atoms with van der Waals surface area (Å²) in [7, 11) is 1.80. The molecule has 1 heterocycles. The molecule has 1 aliphatic rings. The van der Waals surface area contributed by atoms with Gasteiger partial charge in [0, 0.05) is 17.0 Å². The molecule has 0 bridgehead atoms. The third kappa shape index (κ3) is 2.62. The first-order chi connectivity index (χ1) is 9.29. The Kier molecular flexibility index (Phi) is 3.48. The second-order valence-corrected chi connectivity index (χ2v) is 5.50. The van der Waals surface area contributed by atoms with Gasteiger partial charge in [0.15, 0.2) is 0 Å². The number of hydrogen-bond acceptors (Lipinski definition) is 5. The van der Waals surface area contributed by atoms with Crippen molar-refractivity contribution in [1.29, 1.82) is 0 Å². The number of aromatic nitrogens is 4. The molecule has 3 rings (SSSR count). The van der Waals surface area contributed by atoms with Crippen LogP contribution in [-0.4, -0.2) is 27.3 Å². The smallest absolute Gasteiger partial charge is 0.214 e. The van der Waals surface area contributed by atoms with Crippen LogP contribution >= 0.6 is 11.8 Å². The van der Waals surface area contributed by atoms with Crippen LogP contribution in [0.3, 0.4) is 0 Å². The molecular formula is C12H14FN5S. The molecule has 1 aromatic heterocycles. The summed E-state index contributed by atoms with van der Waals surface area (Å²) in [5.41, 5.74) is 0.653. The van der Waals surface area contributed by atoms with Crippen LogP contribution in [0.2, 0.25) is 0 Å². The summed E-state index contributed by atoms with van der Waals surface area (Å²) in [5.74, 6) is -0.204. The third-order valence-corrected chi connectivity index (χ3v) is 4.04. The lowest BCUT2D eigenvalue weighted by molar-refractivity contribution is 0.564. The Morgan fingerprint density at radius 3 is 3.05 bits per heavy atom. The van der Waals surface area contributed by atoms with Crippen LogP contribution in [0.1, 0.15) is 24.4 Å². The monoisotopic (exact) mass is 279 g/mol. The van der Waals surface area contributed by atoms with Crippen molar-refractivity contribution in [2.75, 3.05) is 7.05 Å². The second-order valence-electron chi connectivity index (χ2n) is 4.49. The number of tetrazole rings is 1. The Bertz CT molecular complexity index is 581. The molecule has 5 nitrogen and oxygen atoms in total. The van der Waals surface area contributed by atoms with Gasteiger partial charge in [-0.05, 0) is 54.2 Å². The summed E-state index contributed by atoms with van der Waals surface area (Å²) in [4.78, 5) is 0.853. The predicted octanol–water partition coefficient (Wildman–Crippen LogP) is 2.02. The van der Waals surface area contributed by atoms with Gasteiger partial charge in [-0.1, -0.05) is 6.07 Å². The number of rotatable bonds is 5. The average Bonchev–Trinajstić information content (AvgIpc) is 3.14. The van der Waals surface area contributed by atoms with Gasteiger partial charge in [-0.25, -0.2) is 9.07 Å². The lowest BCUT2D eigenvalue weighted by Gasteiger charge is -2.09. The molecule has 0 atom stereocenters. The highest BCUT2D eigenvalue weighted by molar-refractivity contribution is 7.99. The Labute approximate surface area is 114 Å². The van der Waals surface area contributed by atoms with Gasteiger partial charge < -0.3 is 5.32 Å². The van der Waals surface area contributed by atoms with Crippen molar-refractivity contribution in [3.05, 3.63) is 29.6 Å². The Balaban J connectivity index is 1.90. The minimum Gasteiger partial charge on any atom is -0.316 e. The maximum Gasteiger partial charge on any atom is 0.214 e. The largest absolute Gasteiger partial charge is 0.316 e. The molecule has 100 valence electrons. The highest BCUT2D eigenvalue weighted by Crippen LogP contribution is 2.38. The van der Waals surface area contributed by atoms with Gasteiger partial charge in [-0.15, -0.1) is 5.10 Å². The van der Waals surface area contributed by atoms with Gasteiger partial charge in [0.2, 0.25) is 5.16 Å². The molecule has 0 spiro atoms. The van der Waals surface area contributed by atoms with E-state index in [1.165, 1.54) is 17.8 Å². The fourth-order valence-electron chi connectivity index (χ4n) is 1.88. The number of benzene rings is 1. The van der Waals surface area contributed by atoms with E-state index in [1.807, 2.05) is 10.7 Å². The highest BCUT2D eigenvalue weighted by Gasteiger charge is 2.28. The van der Waals surface area contributed by atoms with Crippen LogP contribution in [0.15, 0.2) is 28.3 Å². The molecule has 0 radical (unpaired) electrons. The number of hydrogen-bond donors (Lipinski definition) is 1. The molecule has 0 saturated heterocycles. The van der Waals surface area contributed by atoms with Crippen molar-refractivity contribution < 1.29 is 4.39 Å². The van der Waals surface area contributed by atoms with E-state index in [0.29, 0.717) is 18.2 Å². The van der Waals surface area contributed by atoms with Crippen molar-refractivity contribution >= 4 is 11.8 Å². The van der Waals surface area contributed by atoms with E-state index in [1.54, 1.807) is 13.1 Å². The van der Waals surface area contributed by atoms with E-state index in [4.69, 9.17) is 0 Å². The van der Waals surface area contributed by atoms with Gasteiger partial charge >= 0.3 is 0 Å². The quantitative estimate of drug-likeness (QED) is 0.907. The van der Waals surface area contributed by atoms with E-state index in [2.05, 4.69) is 20.8 Å². The minimum absolute atomic E-state index is 0.204. The molecule has 1 fully saturated rings. The van der Waals surface area contributed by atoms with Crippen LogP contribution < -0.4 is 5.32 Å². The Hall–Kier alpha value is -1.47. The molecule has 0 unspecified atom stereocenters. The van der Waals surface area contributed by atoms with Crippen LogP contribution in [0, 0.1) is 5.82 Å². The Morgan fingerprint density at radius 2 is 2.32 bits per heavy atom. The third-order valence-electron chi connectivity index (χ3n) is 2.99. The summed E-state index contributed by atoms with van der Waals surface area (Å²) in [6.45, 7) is 0.486. The van der Waals surface area contributed by atoms with Crippen molar-refractivity contribution in [3.63, 3.8) is 0 Å². The fourth-order valence-corrected chi connectivity index (χ4v) is 2.87. The molecule has 1 saturated carbocycles. The second kappa shape index (κ2) is 5.26. The SMILES string of the molecule is CNCc1c(F)cccc1Sc1nnnn1C1CC1. The predicted molar refractivity (Wildman–Crippen MR) is 69.4 cm³/mol. The van der Waals surface area contributed by atoms with Crippen LogP contribution in [0.5, 0.6) is 0 Å². The minimum atomic E-state index is -0.204. The van der Waals surface area contributed by atoms with Crippen LogP contribution in [0.25, 0.3) is 0 Å². The van der Waals surface area contributed by atoms with E-state index < -0.39 is 0 Å². The molecule has 1 N–H and O–H groups in total. The summed E-state index contributed by atoms with van der Waals surface area (Å²) >= 11 is 1.42.